The van der Waals surface area contributed by atoms with Gasteiger partial charge in [-0.25, -0.2) is 9.18 Å². The van der Waals surface area contributed by atoms with Gasteiger partial charge >= 0.3 is 12.6 Å². The van der Waals surface area contributed by atoms with E-state index in [1.165, 1.54) is 12.1 Å². The Kier molecular flexibility index (Phi) is 6.23. The lowest BCUT2D eigenvalue weighted by atomic mass is 10.1. The fourth-order valence-corrected chi connectivity index (χ4v) is 2.39. The summed E-state index contributed by atoms with van der Waals surface area (Å²) in [7, 11) is 1.13. The minimum Gasteiger partial charge on any atom is -0.467 e. The Morgan fingerprint density at radius 2 is 2.22 bits per heavy atom. The van der Waals surface area contributed by atoms with Crippen molar-refractivity contribution in [3.05, 3.63) is 29.8 Å². The summed E-state index contributed by atoms with van der Waals surface area (Å²) >= 11 is 0. The van der Waals surface area contributed by atoms with Crippen LogP contribution >= 0.6 is 0 Å². The molecule has 0 bridgehead atoms. The van der Waals surface area contributed by atoms with Crippen LogP contribution in [0.3, 0.4) is 0 Å². The number of halogens is 3. The Morgan fingerprint density at radius 1 is 1.43 bits per heavy atom. The van der Waals surface area contributed by atoms with Gasteiger partial charge in [0.2, 0.25) is 6.17 Å². The maximum atomic E-state index is 13.7. The van der Waals surface area contributed by atoms with Crippen molar-refractivity contribution in [2.45, 2.75) is 18.9 Å². The van der Waals surface area contributed by atoms with E-state index in [0.29, 0.717) is 25.3 Å². The van der Waals surface area contributed by atoms with Crippen LogP contribution in [-0.2, 0) is 14.3 Å². The molecule has 1 aliphatic heterocycles. The van der Waals surface area contributed by atoms with Crippen LogP contribution in [-0.4, -0.2) is 57.0 Å². The molecule has 1 aromatic rings. The average molecular weight is 333 g/mol. The van der Waals surface area contributed by atoms with Crippen molar-refractivity contribution >= 4 is 5.97 Å². The van der Waals surface area contributed by atoms with Crippen molar-refractivity contribution in [2.75, 3.05) is 33.4 Å². The predicted molar refractivity (Wildman–Crippen MR) is 75.1 cm³/mol. The SMILES string of the molecule is COC(=O)[C@@H](F)CN1CCO[C@H](c2cccc(OC(F)F)c2)C1. The Labute approximate surface area is 131 Å². The van der Waals surface area contributed by atoms with Crippen molar-refractivity contribution in [3.8, 4) is 5.75 Å². The molecule has 2 rings (SSSR count). The zero-order chi connectivity index (χ0) is 16.8. The molecule has 8 heteroatoms. The van der Waals surface area contributed by atoms with Crippen LogP contribution < -0.4 is 4.74 Å². The van der Waals surface area contributed by atoms with E-state index in [0.717, 1.165) is 7.11 Å². The molecule has 0 aromatic heterocycles. The highest BCUT2D eigenvalue weighted by Gasteiger charge is 2.27. The first-order valence-electron chi connectivity index (χ1n) is 7.10. The third-order valence-electron chi connectivity index (χ3n) is 3.48. The quantitative estimate of drug-likeness (QED) is 0.747. The highest BCUT2D eigenvalue weighted by Crippen LogP contribution is 2.26. The Morgan fingerprint density at radius 3 is 2.91 bits per heavy atom. The van der Waals surface area contributed by atoms with Crippen LogP contribution in [0.2, 0.25) is 0 Å². The summed E-state index contributed by atoms with van der Waals surface area (Å²) in [5.41, 5.74) is 0.654. The van der Waals surface area contributed by atoms with Gasteiger partial charge in [0, 0.05) is 19.6 Å². The molecule has 1 heterocycles. The van der Waals surface area contributed by atoms with Crippen LogP contribution in [0.1, 0.15) is 11.7 Å². The number of carbonyl (C=O) groups excluding carboxylic acids is 1. The van der Waals surface area contributed by atoms with Crippen molar-refractivity contribution in [1.29, 1.82) is 0 Å². The van der Waals surface area contributed by atoms with Crippen LogP contribution in [0.25, 0.3) is 0 Å². The molecule has 0 spiro atoms. The molecule has 2 atom stereocenters. The van der Waals surface area contributed by atoms with E-state index < -0.39 is 24.9 Å². The minimum atomic E-state index is -2.90. The lowest BCUT2D eigenvalue weighted by Gasteiger charge is -2.33. The standard InChI is InChI=1S/C15H18F3NO4/c1-21-14(20)12(16)8-19-5-6-22-13(9-19)10-3-2-4-11(7-10)23-15(17)18/h2-4,7,12-13,15H,5-6,8-9H2,1H3/t12-,13-/m0/s1. The molecule has 5 nitrogen and oxygen atoms in total. The van der Waals surface area contributed by atoms with Crippen LogP contribution in [0.4, 0.5) is 13.2 Å². The number of ether oxygens (including phenoxy) is 3. The van der Waals surface area contributed by atoms with Gasteiger partial charge in [-0.05, 0) is 17.7 Å². The van der Waals surface area contributed by atoms with Crippen molar-refractivity contribution in [2.24, 2.45) is 0 Å². The molecule has 1 aromatic carbocycles. The number of hydrogen-bond acceptors (Lipinski definition) is 5. The number of rotatable bonds is 6. The van der Waals surface area contributed by atoms with Crippen LogP contribution in [0.5, 0.6) is 5.75 Å². The Balaban J connectivity index is 1.99. The summed E-state index contributed by atoms with van der Waals surface area (Å²) in [6, 6.07) is 6.19. The zero-order valence-corrected chi connectivity index (χ0v) is 12.6. The molecule has 1 aliphatic rings. The summed E-state index contributed by atoms with van der Waals surface area (Å²) in [5.74, 6) is -0.878. The maximum absolute atomic E-state index is 13.7. The second-order valence-corrected chi connectivity index (χ2v) is 5.06. The number of methoxy groups -OCH3 is 1. The smallest absolute Gasteiger partial charge is 0.387 e. The number of morpholine rings is 1. The average Bonchev–Trinajstić information content (AvgIpc) is 2.54. The number of carbonyl (C=O) groups is 1. The van der Waals surface area contributed by atoms with Gasteiger partial charge in [-0.15, -0.1) is 0 Å². The number of hydrogen-bond donors (Lipinski definition) is 0. The third kappa shape index (κ3) is 5.11. The van der Waals surface area contributed by atoms with E-state index in [1.54, 1.807) is 17.0 Å². The van der Waals surface area contributed by atoms with Crippen LogP contribution in [0, 0.1) is 0 Å². The van der Waals surface area contributed by atoms with E-state index in [4.69, 9.17) is 4.74 Å². The molecule has 0 amide bonds. The minimum absolute atomic E-state index is 0.0381. The number of benzene rings is 1. The van der Waals surface area contributed by atoms with Gasteiger partial charge in [0.05, 0.1) is 19.8 Å². The van der Waals surface area contributed by atoms with Crippen molar-refractivity contribution in [3.63, 3.8) is 0 Å². The second kappa shape index (κ2) is 8.16. The highest BCUT2D eigenvalue weighted by atomic mass is 19.3. The van der Waals surface area contributed by atoms with Gasteiger partial charge in [0.15, 0.2) is 0 Å². The van der Waals surface area contributed by atoms with E-state index in [-0.39, 0.29) is 12.3 Å². The topological polar surface area (TPSA) is 48.0 Å². The summed E-state index contributed by atoms with van der Waals surface area (Å²) in [5, 5.41) is 0. The monoisotopic (exact) mass is 333 g/mol. The molecule has 1 saturated heterocycles. The fraction of sp³-hybridized carbons (Fsp3) is 0.533. The van der Waals surface area contributed by atoms with Gasteiger partial charge in [0.25, 0.3) is 0 Å². The lowest BCUT2D eigenvalue weighted by Crippen LogP contribution is -2.43. The normalized spacial score (nSPS) is 20.3. The van der Waals surface area contributed by atoms with E-state index >= 15 is 0 Å². The first-order chi connectivity index (χ1) is 11.0. The van der Waals surface area contributed by atoms with Gasteiger partial charge < -0.3 is 14.2 Å². The van der Waals surface area contributed by atoms with Crippen molar-refractivity contribution in [1.82, 2.24) is 4.90 Å². The molecule has 0 unspecified atom stereocenters. The van der Waals surface area contributed by atoms with Gasteiger partial charge in [-0.1, -0.05) is 12.1 Å². The van der Waals surface area contributed by atoms with Crippen LogP contribution in [0.15, 0.2) is 24.3 Å². The number of alkyl halides is 3. The Bertz CT molecular complexity index is 529. The molecule has 0 saturated carbocycles. The van der Waals surface area contributed by atoms with E-state index in [2.05, 4.69) is 9.47 Å². The molecule has 0 aliphatic carbocycles. The van der Waals surface area contributed by atoms with E-state index in [9.17, 15) is 18.0 Å². The molecule has 128 valence electrons. The highest BCUT2D eigenvalue weighted by molar-refractivity contribution is 5.74. The summed E-state index contributed by atoms with van der Waals surface area (Å²) in [6.45, 7) is -1.84. The van der Waals surface area contributed by atoms with Crippen molar-refractivity contribution < 1.29 is 32.2 Å². The van der Waals surface area contributed by atoms with Gasteiger partial charge in [-0.2, -0.15) is 8.78 Å². The molecular weight excluding hydrogens is 315 g/mol. The maximum Gasteiger partial charge on any atom is 0.387 e. The van der Waals surface area contributed by atoms with Gasteiger partial charge in [0.1, 0.15) is 5.75 Å². The van der Waals surface area contributed by atoms with Gasteiger partial charge in [-0.3, -0.25) is 4.90 Å². The summed E-state index contributed by atoms with van der Waals surface area (Å²) < 4.78 is 52.5. The Hall–Kier alpha value is -1.80. The molecule has 23 heavy (non-hydrogen) atoms. The molecule has 0 N–H and O–H groups in total. The number of esters is 1. The summed E-state index contributed by atoms with van der Waals surface area (Å²) in [6.07, 6.45) is -2.14. The fourth-order valence-electron chi connectivity index (χ4n) is 2.39. The largest absolute Gasteiger partial charge is 0.467 e. The molecule has 0 radical (unpaired) electrons. The van der Waals surface area contributed by atoms with E-state index in [1.807, 2.05) is 0 Å². The predicted octanol–water partition coefficient (Wildman–Crippen LogP) is 2.17. The second-order valence-electron chi connectivity index (χ2n) is 5.06. The first kappa shape index (κ1) is 17.6. The zero-order valence-electron chi connectivity index (χ0n) is 12.6. The molecule has 1 fully saturated rings. The third-order valence-corrected chi connectivity index (χ3v) is 3.48. The number of nitrogens with zero attached hydrogens (tertiary/aromatic N) is 1. The summed E-state index contributed by atoms with van der Waals surface area (Å²) in [4.78, 5) is 12.9. The molecular formula is C15H18F3NO4. The lowest BCUT2D eigenvalue weighted by molar-refractivity contribution is -0.148. The first-order valence-corrected chi connectivity index (χ1v) is 7.10.